The largest absolute Gasteiger partial charge is 0.388 e. The fraction of sp³-hybridized carbons (Fsp3) is 0.417. The van der Waals surface area contributed by atoms with Gasteiger partial charge in [0.15, 0.2) is 0 Å². The van der Waals surface area contributed by atoms with Gasteiger partial charge in [-0.25, -0.2) is 4.39 Å². The number of hydrogen-bond donors (Lipinski definition) is 1. The lowest BCUT2D eigenvalue weighted by Gasteiger charge is -2.33. The van der Waals surface area contributed by atoms with Crippen molar-refractivity contribution in [2.24, 2.45) is 0 Å². The Labute approximate surface area is 94.2 Å². The van der Waals surface area contributed by atoms with Gasteiger partial charge in [-0.1, -0.05) is 6.58 Å². The maximum Gasteiger partial charge on any atom is 0.129 e. The molecule has 3 nitrogen and oxygen atoms in total. The van der Waals surface area contributed by atoms with E-state index in [1.54, 1.807) is 12.3 Å². The van der Waals surface area contributed by atoms with Crippen LogP contribution in [0.1, 0.15) is 12.1 Å². The Kier molecular flexibility index (Phi) is 3.19. The standard InChI is InChI=1S/C12H15FN2O/c1-2-9-3-4-10(7-14-9)15-6-5-11(13)12(16)8-15/h2-4,7,11-12,16H,1,5-6,8H2/t11-,12+/m0/s1. The van der Waals surface area contributed by atoms with E-state index in [4.69, 9.17) is 0 Å². The molecule has 1 saturated heterocycles. The van der Waals surface area contributed by atoms with Crippen molar-refractivity contribution in [1.82, 2.24) is 4.98 Å². The number of hydrogen-bond acceptors (Lipinski definition) is 3. The normalized spacial score (nSPS) is 25.5. The second-order valence-electron chi connectivity index (χ2n) is 3.96. The van der Waals surface area contributed by atoms with E-state index < -0.39 is 12.3 Å². The van der Waals surface area contributed by atoms with Crippen LogP contribution in [0.25, 0.3) is 6.08 Å². The summed E-state index contributed by atoms with van der Waals surface area (Å²) in [5.74, 6) is 0. The Hall–Kier alpha value is -1.42. The number of alkyl halides is 1. The van der Waals surface area contributed by atoms with Gasteiger partial charge in [-0.3, -0.25) is 4.98 Å². The minimum atomic E-state index is -1.10. The minimum absolute atomic E-state index is 0.330. The van der Waals surface area contributed by atoms with E-state index in [1.807, 2.05) is 17.0 Å². The van der Waals surface area contributed by atoms with Crippen molar-refractivity contribution in [3.05, 3.63) is 30.6 Å². The molecule has 1 aliphatic rings. The van der Waals surface area contributed by atoms with E-state index in [1.165, 1.54) is 0 Å². The molecule has 1 fully saturated rings. The molecule has 0 aromatic carbocycles. The lowest BCUT2D eigenvalue weighted by Crippen LogP contribution is -2.45. The molecule has 1 aromatic heterocycles. The van der Waals surface area contributed by atoms with Crippen LogP contribution in [0.5, 0.6) is 0 Å². The van der Waals surface area contributed by atoms with E-state index in [9.17, 15) is 9.50 Å². The topological polar surface area (TPSA) is 36.4 Å². The van der Waals surface area contributed by atoms with E-state index in [2.05, 4.69) is 11.6 Å². The third kappa shape index (κ3) is 2.22. The third-order valence-electron chi connectivity index (χ3n) is 2.84. The van der Waals surface area contributed by atoms with Crippen molar-refractivity contribution in [1.29, 1.82) is 0 Å². The Bertz CT molecular complexity index is 366. The molecular weight excluding hydrogens is 207 g/mol. The number of halogens is 1. The summed E-state index contributed by atoms with van der Waals surface area (Å²) in [6.45, 7) is 4.58. The summed E-state index contributed by atoms with van der Waals surface area (Å²) < 4.78 is 13.1. The summed E-state index contributed by atoms with van der Waals surface area (Å²) in [5, 5.41) is 9.46. The van der Waals surface area contributed by atoms with E-state index in [0.29, 0.717) is 19.5 Å². The number of β-amino-alcohol motifs (C(OH)–C–C–N with tert-alkyl or cyclic N) is 1. The average molecular weight is 222 g/mol. The second-order valence-corrected chi connectivity index (χ2v) is 3.96. The van der Waals surface area contributed by atoms with Crippen molar-refractivity contribution in [2.75, 3.05) is 18.0 Å². The summed E-state index contributed by atoms with van der Waals surface area (Å²) in [7, 11) is 0. The van der Waals surface area contributed by atoms with E-state index >= 15 is 0 Å². The molecule has 4 heteroatoms. The highest BCUT2D eigenvalue weighted by molar-refractivity contribution is 5.50. The molecule has 0 bridgehead atoms. The SMILES string of the molecule is C=Cc1ccc(N2CC[C@H](F)[C@H](O)C2)cn1. The predicted molar refractivity (Wildman–Crippen MR) is 62.1 cm³/mol. The third-order valence-corrected chi connectivity index (χ3v) is 2.84. The molecule has 1 aliphatic heterocycles. The van der Waals surface area contributed by atoms with Crippen molar-refractivity contribution < 1.29 is 9.50 Å². The van der Waals surface area contributed by atoms with Gasteiger partial charge < -0.3 is 10.0 Å². The Morgan fingerprint density at radius 2 is 2.38 bits per heavy atom. The van der Waals surface area contributed by atoms with E-state index in [-0.39, 0.29) is 0 Å². The van der Waals surface area contributed by atoms with Crippen LogP contribution >= 0.6 is 0 Å². The number of piperidine rings is 1. The van der Waals surface area contributed by atoms with Crippen LogP contribution in [-0.4, -0.2) is 35.5 Å². The lowest BCUT2D eigenvalue weighted by atomic mass is 10.1. The smallest absolute Gasteiger partial charge is 0.129 e. The van der Waals surface area contributed by atoms with Crippen molar-refractivity contribution in [3.63, 3.8) is 0 Å². The molecule has 0 radical (unpaired) electrons. The van der Waals surface area contributed by atoms with Gasteiger partial charge in [-0.2, -0.15) is 0 Å². The van der Waals surface area contributed by atoms with Gasteiger partial charge in [0.2, 0.25) is 0 Å². The molecule has 0 amide bonds. The van der Waals surface area contributed by atoms with Gasteiger partial charge in [0.25, 0.3) is 0 Å². The fourth-order valence-corrected chi connectivity index (χ4v) is 1.84. The highest BCUT2D eigenvalue weighted by Crippen LogP contribution is 2.21. The second kappa shape index (κ2) is 4.61. The molecule has 86 valence electrons. The average Bonchev–Trinajstić information content (AvgIpc) is 2.33. The Morgan fingerprint density at radius 1 is 1.56 bits per heavy atom. The zero-order valence-corrected chi connectivity index (χ0v) is 9.01. The molecule has 0 aliphatic carbocycles. The summed E-state index contributed by atoms with van der Waals surface area (Å²) >= 11 is 0. The first kappa shape index (κ1) is 11.1. The summed E-state index contributed by atoms with van der Waals surface area (Å²) in [6, 6.07) is 3.77. The quantitative estimate of drug-likeness (QED) is 0.826. The van der Waals surface area contributed by atoms with Gasteiger partial charge in [0, 0.05) is 13.1 Å². The van der Waals surface area contributed by atoms with Crippen LogP contribution in [0.2, 0.25) is 0 Å². The predicted octanol–water partition coefficient (Wildman–Crippen LogP) is 1.63. The molecule has 2 heterocycles. The first-order chi connectivity index (χ1) is 7.70. The summed E-state index contributed by atoms with van der Waals surface area (Å²) in [5.41, 5.74) is 1.72. The lowest BCUT2D eigenvalue weighted by molar-refractivity contribution is 0.0645. The van der Waals surface area contributed by atoms with E-state index in [0.717, 1.165) is 11.4 Å². The molecule has 1 aromatic rings. The Balaban J connectivity index is 2.09. The molecule has 2 atom stereocenters. The molecule has 1 N–H and O–H groups in total. The van der Waals surface area contributed by atoms with Crippen LogP contribution in [0.15, 0.2) is 24.9 Å². The van der Waals surface area contributed by atoms with Gasteiger partial charge in [-0.15, -0.1) is 0 Å². The molecule has 2 rings (SSSR count). The molecule has 16 heavy (non-hydrogen) atoms. The zero-order valence-electron chi connectivity index (χ0n) is 9.01. The monoisotopic (exact) mass is 222 g/mol. The van der Waals surface area contributed by atoms with Gasteiger partial charge in [-0.05, 0) is 24.6 Å². The van der Waals surface area contributed by atoms with Crippen molar-refractivity contribution in [2.45, 2.75) is 18.7 Å². The number of pyridine rings is 1. The van der Waals surface area contributed by atoms with Crippen LogP contribution in [0.4, 0.5) is 10.1 Å². The van der Waals surface area contributed by atoms with Crippen LogP contribution in [0.3, 0.4) is 0 Å². The number of aliphatic hydroxyl groups excluding tert-OH is 1. The van der Waals surface area contributed by atoms with Crippen LogP contribution < -0.4 is 4.90 Å². The molecule has 0 spiro atoms. The molecular formula is C12H15FN2O. The van der Waals surface area contributed by atoms with Gasteiger partial charge in [0.1, 0.15) is 12.3 Å². The number of aliphatic hydroxyl groups is 1. The fourth-order valence-electron chi connectivity index (χ4n) is 1.84. The maximum atomic E-state index is 13.1. The van der Waals surface area contributed by atoms with Crippen molar-refractivity contribution in [3.8, 4) is 0 Å². The minimum Gasteiger partial charge on any atom is -0.388 e. The van der Waals surface area contributed by atoms with Crippen molar-refractivity contribution >= 4 is 11.8 Å². The van der Waals surface area contributed by atoms with Crippen LogP contribution in [0, 0.1) is 0 Å². The first-order valence-electron chi connectivity index (χ1n) is 5.36. The number of anilines is 1. The zero-order chi connectivity index (χ0) is 11.5. The number of aromatic nitrogens is 1. The number of nitrogens with zero attached hydrogens (tertiary/aromatic N) is 2. The summed E-state index contributed by atoms with van der Waals surface area (Å²) in [6.07, 6.45) is 1.77. The highest BCUT2D eigenvalue weighted by atomic mass is 19.1. The highest BCUT2D eigenvalue weighted by Gasteiger charge is 2.27. The molecule has 0 unspecified atom stereocenters. The van der Waals surface area contributed by atoms with Gasteiger partial charge >= 0.3 is 0 Å². The van der Waals surface area contributed by atoms with Gasteiger partial charge in [0.05, 0.1) is 17.6 Å². The molecule has 0 saturated carbocycles. The maximum absolute atomic E-state index is 13.1. The Morgan fingerprint density at radius 3 is 2.94 bits per heavy atom. The first-order valence-corrected chi connectivity index (χ1v) is 5.36. The summed E-state index contributed by atoms with van der Waals surface area (Å²) in [4.78, 5) is 6.13. The van der Waals surface area contributed by atoms with Crippen LogP contribution in [-0.2, 0) is 0 Å². The number of rotatable bonds is 2.